The van der Waals surface area contributed by atoms with Crippen LogP contribution >= 0.6 is 0 Å². The molecule has 128 valence electrons. The molecule has 1 saturated carbocycles. The van der Waals surface area contributed by atoms with Crippen LogP contribution in [0.1, 0.15) is 34.1 Å². The molecule has 5 aliphatic rings. The minimum absolute atomic E-state index is 0.00640. The van der Waals surface area contributed by atoms with E-state index in [0.29, 0.717) is 0 Å². The van der Waals surface area contributed by atoms with Gasteiger partial charge in [0.25, 0.3) is 0 Å². The number of esters is 2. The third kappa shape index (κ3) is 1.35. The summed E-state index contributed by atoms with van der Waals surface area (Å²) >= 11 is 0. The van der Waals surface area contributed by atoms with Crippen LogP contribution in [0.4, 0.5) is 0 Å². The fraction of sp³-hybridized carbons (Fsp3) is 0.684. The van der Waals surface area contributed by atoms with Crippen molar-refractivity contribution in [1.29, 1.82) is 0 Å². The van der Waals surface area contributed by atoms with Gasteiger partial charge in [0.15, 0.2) is 5.60 Å². The Hall–Kier alpha value is -1.62. The molecule has 0 aromatic carbocycles. The Kier molecular flexibility index (Phi) is 2.42. The van der Waals surface area contributed by atoms with Crippen molar-refractivity contribution in [1.82, 2.24) is 0 Å². The number of ether oxygens (including phenoxy) is 3. The van der Waals surface area contributed by atoms with Crippen LogP contribution in [0, 0.1) is 22.7 Å². The third-order valence-electron chi connectivity index (χ3n) is 6.91. The minimum atomic E-state index is -0.648. The average Bonchev–Trinajstić information content (AvgIpc) is 3.16. The fourth-order valence-corrected chi connectivity index (χ4v) is 5.98. The largest absolute Gasteiger partial charge is 0.458 e. The number of hydrogen-bond donors (Lipinski definition) is 0. The molecule has 2 aliphatic carbocycles. The van der Waals surface area contributed by atoms with Crippen LogP contribution in [0.25, 0.3) is 0 Å². The van der Waals surface area contributed by atoms with E-state index >= 15 is 0 Å². The summed E-state index contributed by atoms with van der Waals surface area (Å²) < 4.78 is 17.7. The summed E-state index contributed by atoms with van der Waals surface area (Å²) in [5.74, 6) is -0.360. The second-order valence-corrected chi connectivity index (χ2v) is 8.65. The van der Waals surface area contributed by atoms with Gasteiger partial charge in [-0.3, -0.25) is 4.79 Å². The molecule has 0 N–H and O–H groups in total. The zero-order valence-corrected chi connectivity index (χ0v) is 14.4. The normalized spacial score (nSPS) is 53.6. The maximum absolute atomic E-state index is 12.6. The second-order valence-electron chi connectivity index (χ2n) is 8.65. The molecule has 3 heterocycles. The molecule has 3 fully saturated rings. The molecule has 0 aromatic rings. The van der Waals surface area contributed by atoms with Crippen molar-refractivity contribution in [2.75, 3.05) is 0 Å². The Morgan fingerprint density at radius 1 is 1.21 bits per heavy atom. The number of rotatable bonds is 1. The van der Waals surface area contributed by atoms with Gasteiger partial charge in [-0.2, -0.15) is 0 Å². The van der Waals surface area contributed by atoms with Crippen molar-refractivity contribution in [2.45, 2.75) is 58.0 Å². The smallest absolute Gasteiger partial charge is 0.331 e. The lowest BCUT2D eigenvalue weighted by atomic mass is 9.49. The van der Waals surface area contributed by atoms with Crippen molar-refractivity contribution < 1.29 is 23.8 Å². The monoisotopic (exact) mass is 330 g/mol. The van der Waals surface area contributed by atoms with Gasteiger partial charge in [0, 0.05) is 17.4 Å². The van der Waals surface area contributed by atoms with Crippen LogP contribution in [0.2, 0.25) is 0 Å². The zero-order chi connectivity index (χ0) is 17.1. The van der Waals surface area contributed by atoms with Gasteiger partial charge in [-0.05, 0) is 24.8 Å². The number of fused-ring (bicyclic) bond motifs is 2. The Balaban J connectivity index is 1.74. The first-order chi connectivity index (χ1) is 11.2. The highest BCUT2D eigenvalue weighted by Crippen LogP contribution is 2.71. The molecule has 0 bridgehead atoms. The third-order valence-corrected chi connectivity index (χ3v) is 6.91. The van der Waals surface area contributed by atoms with Crippen LogP contribution in [0.15, 0.2) is 23.8 Å². The van der Waals surface area contributed by atoms with E-state index in [-0.39, 0.29) is 47.5 Å². The summed E-state index contributed by atoms with van der Waals surface area (Å²) in [6.07, 6.45) is 5.64. The predicted molar refractivity (Wildman–Crippen MR) is 83.7 cm³/mol. The Morgan fingerprint density at radius 2 is 1.96 bits per heavy atom. The van der Waals surface area contributed by atoms with Crippen molar-refractivity contribution in [3.8, 4) is 0 Å². The molecule has 0 aromatic heterocycles. The summed E-state index contributed by atoms with van der Waals surface area (Å²) in [6.45, 7) is 8.17. The van der Waals surface area contributed by atoms with Gasteiger partial charge in [0.05, 0.1) is 5.41 Å². The summed E-state index contributed by atoms with van der Waals surface area (Å²) in [6, 6.07) is 0. The zero-order valence-electron chi connectivity index (χ0n) is 14.4. The van der Waals surface area contributed by atoms with E-state index in [1.54, 1.807) is 6.08 Å². The van der Waals surface area contributed by atoms with Crippen LogP contribution < -0.4 is 0 Å². The van der Waals surface area contributed by atoms with E-state index in [2.05, 4.69) is 13.0 Å². The van der Waals surface area contributed by atoms with Gasteiger partial charge in [-0.15, -0.1) is 0 Å². The molecule has 24 heavy (non-hydrogen) atoms. The maximum Gasteiger partial charge on any atom is 0.331 e. The first-order valence-corrected chi connectivity index (χ1v) is 8.75. The highest BCUT2D eigenvalue weighted by Gasteiger charge is 2.82. The van der Waals surface area contributed by atoms with E-state index in [4.69, 9.17) is 14.2 Å². The molecule has 5 rings (SSSR count). The molecule has 0 radical (unpaired) electrons. The quantitative estimate of drug-likeness (QED) is 0.419. The van der Waals surface area contributed by atoms with Crippen LogP contribution in [0.3, 0.4) is 0 Å². The molecule has 2 saturated heterocycles. The maximum atomic E-state index is 12.6. The first kappa shape index (κ1) is 14.7. The highest BCUT2D eigenvalue weighted by atomic mass is 16.7. The van der Waals surface area contributed by atoms with Gasteiger partial charge >= 0.3 is 11.9 Å². The van der Waals surface area contributed by atoms with E-state index in [1.165, 1.54) is 0 Å². The predicted octanol–water partition coefficient (Wildman–Crippen LogP) is 2.16. The van der Waals surface area contributed by atoms with E-state index in [9.17, 15) is 9.59 Å². The second kappa shape index (κ2) is 3.96. The summed E-state index contributed by atoms with van der Waals surface area (Å²) in [4.78, 5) is 24.9. The van der Waals surface area contributed by atoms with E-state index < -0.39 is 11.0 Å². The van der Waals surface area contributed by atoms with Gasteiger partial charge in [0.2, 0.25) is 0 Å². The number of carbonyl (C=O) groups excluding carboxylic acids is 2. The first-order valence-electron chi connectivity index (χ1n) is 8.75. The lowest BCUT2D eigenvalue weighted by Crippen LogP contribution is -2.59. The molecule has 1 unspecified atom stereocenters. The molecule has 5 nitrogen and oxygen atoms in total. The Morgan fingerprint density at radius 3 is 2.67 bits per heavy atom. The molecule has 7 atom stereocenters. The van der Waals surface area contributed by atoms with Gasteiger partial charge in [0.1, 0.15) is 18.3 Å². The van der Waals surface area contributed by atoms with Crippen LogP contribution in [0.5, 0.6) is 0 Å². The van der Waals surface area contributed by atoms with E-state index in [0.717, 1.165) is 12.0 Å². The molecule has 0 amide bonds. The number of hydrogen-bond acceptors (Lipinski definition) is 5. The molecular formula is C19H22O5. The number of epoxide rings is 1. The van der Waals surface area contributed by atoms with Crippen molar-refractivity contribution >= 4 is 11.9 Å². The topological polar surface area (TPSA) is 65.1 Å². The summed E-state index contributed by atoms with van der Waals surface area (Å²) in [5, 5.41) is 0. The molecular weight excluding hydrogens is 308 g/mol. The molecule has 5 heteroatoms. The van der Waals surface area contributed by atoms with Gasteiger partial charge in [-0.1, -0.05) is 32.9 Å². The standard InChI is InChI=1S/C19H22O5/c1-9(2)14-19-10(8-11(20)22-14)17(3)6-5-7-18(4)13(17)12(15(19)24-19)23-16(18)21/h5,7-9,12-15H,6H2,1-4H3/t12-,13+,14+,15?,17+,18-,19+/m0/s1. The molecule has 1 spiro atoms. The lowest BCUT2D eigenvalue weighted by Gasteiger charge is -2.52. The number of cyclic esters (lactones) is 1. The Labute approximate surface area is 141 Å². The van der Waals surface area contributed by atoms with E-state index in [1.807, 2.05) is 26.8 Å². The average molecular weight is 330 g/mol. The summed E-state index contributed by atoms with van der Waals surface area (Å²) in [7, 11) is 0. The number of allylic oxidation sites excluding steroid dienone is 1. The minimum Gasteiger partial charge on any atom is -0.458 e. The SMILES string of the molecule is CC(C)[C@H]1OC(=O)C=C2[C@@]3(C)CC=C[C@]4(C)C(=O)O[C@H](C5O[C@@]251)[C@@H]43. The Bertz CT molecular complexity index is 736. The van der Waals surface area contributed by atoms with Crippen molar-refractivity contribution in [2.24, 2.45) is 22.7 Å². The van der Waals surface area contributed by atoms with Crippen LogP contribution in [-0.4, -0.2) is 35.9 Å². The fourth-order valence-electron chi connectivity index (χ4n) is 5.98. The molecule has 3 aliphatic heterocycles. The van der Waals surface area contributed by atoms with Gasteiger partial charge < -0.3 is 14.2 Å². The van der Waals surface area contributed by atoms with Gasteiger partial charge in [-0.25, -0.2) is 4.79 Å². The summed E-state index contributed by atoms with van der Waals surface area (Å²) in [5.41, 5.74) is -0.593. The van der Waals surface area contributed by atoms with Crippen LogP contribution in [-0.2, 0) is 23.8 Å². The van der Waals surface area contributed by atoms with Crippen molar-refractivity contribution in [3.05, 3.63) is 23.8 Å². The number of carbonyl (C=O) groups is 2. The lowest BCUT2D eigenvalue weighted by molar-refractivity contribution is -0.153. The van der Waals surface area contributed by atoms with Crippen molar-refractivity contribution in [3.63, 3.8) is 0 Å². The highest BCUT2D eigenvalue weighted by molar-refractivity contribution is 5.87.